The summed E-state index contributed by atoms with van der Waals surface area (Å²) >= 11 is 0. The van der Waals surface area contributed by atoms with Gasteiger partial charge in [0.1, 0.15) is 5.82 Å². The van der Waals surface area contributed by atoms with Gasteiger partial charge < -0.3 is 15.2 Å². The summed E-state index contributed by atoms with van der Waals surface area (Å²) in [6, 6.07) is 16.9. The van der Waals surface area contributed by atoms with Gasteiger partial charge in [-0.25, -0.2) is 4.39 Å². The average molecular weight is 365 g/mol. The van der Waals surface area contributed by atoms with Crippen molar-refractivity contribution in [3.05, 3.63) is 66.1 Å². The van der Waals surface area contributed by atoms with Gasteiger partial charge in [0.05, 0.1) is 5.69 Å². The first-order valence-electron chi connectivity index (χ1n) is 9.53. The number of H-pyrrole nitrogens is 1. The van der Waals surface area contributed by atoms with Gasteiger partial charge in [-0.05, 0) is 55.6 Å². The molecule has 0 radical (unpaired) electrons. The second kappa shape index (κ2) is 7.92. The fourth-order valence-corrected chi connectivity index (χ4v) is 3.82. The zero-order valence-electron chi connectivity index (χ0n) is 15.2. The number of aromatic amines is 1. The van der Waals surface area contributed by atoms with E-state index in [1.165, 1.54) is 22.7 Å². The highest BCUT2D eigenvalue weighted by Crippen LogP contribution is 2.29. The molecule has 140 valence electrons. The van der Waals surface area contributed by atoms with Crippen molar-refractivity contribution in [3.8, 4) is 0 Å². The molecular formula is C22H24FN3O. The first kappa shape index (κ1) is 17.7. The second-order valence-electron chi connectivity index (χ2n) is 7.21. The lowest BCUT2D eigenvalue weighted by Gasteiger charge is -2.31. The smallest absolute Gasteiger partial charge is 0.225 e. The van der Waals surface area contributed by atoms with E-state index in [4.69, 9.17) is 0 Å². The summed E-state index contributed by atoms with van der Waals surface area (Å²) < 4.78 is 13.6. The molecule has 3 aromatic rings. The fraction of sp³-hybridized carbons (Fsp3) is 0.318. The van der Waals surface area contributed by atoms with Gasteiger partial charge in [-0.1, -0.05) is 30.3 Å². The Morgan fingerprint density at radius 2 is 1.85 bits per heavy atom. The molecule has 4 nitrogen and oxygen atoms in total. The number of aromatic nitrogens is 1. The molecule has 1 aliphatic rings. The normalized spacial score (nSPS) is 15.9. The van der Waals surface area contributed by atoms with Crippen molar-refractivity contribution in [3.63, 3.8) is 0 Å². The van der Waals surface area contributed by atoms with E-state index in [2.05, 4.69) is 45.5 Å². The SMILES string of the molecule is O=C(CCN1CCC(c2cc3ccccc3[nH]2)CC1)Nc1ccccc1F. The number of likely N-dealkylation sites (tertiary alicyclic amines) is 1. The van der Waals surface area contributed by atoms with Crippen molar-refractivity contribution in [2.75, 3.05) is 25.0 Å². The van der Waals surface area contributed by atoms with Gasteiger partial charge in [0.25, 0.3) is 0 Å². The number of rotatable bonds is 5. The number of fused-ring (bicyclic) bond motifs is 1. The Labute approximate surface area is 158 Å². The van der Waals surface area contributed by atoms with Crippen LogP contribution >= 0.6 is 0 Å². The van der Waals surface area contributed by atoms with Crippen LogP contribution in [0.15, 0.2) is 54.6 Å². The number of para-hydroxylation sites is 2. The molecule has 27 heavy (non-hydrogen) atoms. The summed E-state index contributed by atoms with van der Waals surface area (Å²) in [5.41, 5.74) is 2.76. The molecule has 1 amide bonds. The molecule has 1 saturated heterocycles. The Kier molecular flexibility index (Phi) is 5.21. The fourth-order valence-electron chi connectivity index (χ4n) is 3.82. The number of hydrogen-bond donors (Lipinski definition) is 2. The minimum absolute atomic E-state index is 0.141. The van der Waals surface area contributed by atoms with Crippen LogP contribution in [-0.2, 0) is 4.79 Å². The number of benzene rings is 2. The molecule has 1 fully saturated rings. The molecule has 0 spiro atoms. The molecule has 2 heterocycles. The molecule has 1 aromatic heterocycles. The summed E-state index contributed by atoms with van der Waals surface area (Å²) in [4.78, 5) is 17.9. The second-order valence-corrected chi connectivity index (χ2v) is 7.21. The summed E-state index contributed by atoms with van der Waals surface area (Å²) in [6.45, 7) is 2.67. The third-order valence-electron chi connectivity index (χ3n) is 5.38. The van der Waals surface area contributed by atoms with Crippen molar-refractivity contribution in [1.29, 1.82) is 0 Å². The monoisotopic (exact) mass is 365 g/mol. The van der Waals surface area contributed by atoms with Crippen LogP contribution in [0.4, 0.5) is 10.1 Å². The number of anilines is 1. The Morgan fingerprint density at radius 1 is 1.11 bits per heavy atom. The van der Waals surface area contributed by atoms with Crippen molar-refractivity contribution < 1.29 is 9.18 Å². The summed E-state index contributed by atoms with van der Waals surface area (Å²) in [7, 11) is 0. The number of halogens is 1. The maximum atomic E-state index is 13.6. The number of nitrogens with one attached hydrogen (secondary N) is 2. The van der Waals surface area contributed by atoms with Crippen LogP contribution in [0.1, 0.15) is 30.9 Å². The largest absolute Gasteiger partial charge is 0.358 e. The van der Waals surface area contributed by atoms with Gasteiger partial charge in [-0.2, -0.15) is 0 Å². The quantitative estimate of drug-likeness (QED) is 0.699. The third-order valence-corrected chi connectivity index (χ3v) is 5.38. The van der Waals surface area contributed by atoms with E-state index in [1.807, 2.05) is 0 Å². The molecule has 5 heteroatoms. The lowest BCUT2D eigenvalue weighted by molar-refractivity contribution is -0.116. The zero-order chi connectivity index (χ0) is 18.6. The lowest BCUT2D eigenvalue weighted by atomic mass is 9.93. The van der Waals surface area contributed by atoms with Crippen molar-refractivity contribution >= 4 is 22.5 Å². The third kappa shape index (κ3) is 4.19. The number of nitrogens with zero attached hydrogens (tertiary/aromatic N) is 1. The Bertz CT molecular complexity index is 895. The number of amides is 1. The molecule has 0 unspecified atom stereocenters. The van der Waals surface area contributed by atoms with Gasteiger partial charge in [-0.3, -0.25) is 4.79 Å². The first-order chi connectivity index (χ1) is 13.2. The number of hydrogen-bond acceptors (Lipinski definition) is 2. The van der Waals surface area contributed by atoms with Gasteiger partial charge in [0.15, 0.2) is 0 Å². The predicted octanol–water partition coefficient (Wildman–Crippen LogP) is 4.52. The van der Waals surface area contributed by atoms with Gasteiger partial charge in [0.2, 0.25) is 5.91 Å². The van der Waals surface area contributed by atoms with Crippen LogP contribution in [-0.4, -0.2) is 35.4 Å². The van der Waals surface area contributed by atoms with Crippen molar-refractivity contribution in [1.82, 2.24) is 9.88 Å². The van der Waals surface area contributed by atoms with Crippen molar-refractivity contribution in [2.24, 2.45) is 0 Å². The molecule has 1 aliphatic heterocycles. The number of carbonyl (C=O) groups is 1. The molecule has 0 saturated carbocycles. The highest BCUT2D eigenvalue weighted by Gasteiger charge is 2.22. The van der Waals surface area contributed by atoms with E-state index in [0.29, 0.717) is 18.9 Å². The maximum Gasteiger partial charge on any atom is 0.225 e. The van der Waals surface area contributed by atoms with E-state index >= 15 is 0 Å². The topological polar surface area (TPSA) is 48.1 Å². The average Bonchev–Trinajstić information content (AvgIpc) is 3.13. The van der Waals surface area contributed by atoms with Gasteiger partial charge in [-0.15, -0.1) is 0 Å². The summed E-state index contributed by atoms with van der Waals surface area (Å²) in [5, 5.41) is 3.92. The zero-order valence-corrected chi connectivity index (χ0v) is 15.2. The molecule has 0 bridgehead atoms. The Balaban J connectivity index is 1.26. The van der Waals surface area contributed by atoms with Crippen LogP contribution in [0, 0.1) is 5.82 Å². The van der Waals surface area contributed by atoms with Crippen molar-refractivity contribution in [2.45, 2.75) is 25.2 Å². The van der Waals surface area contributed by atoms with Crippen LogP contribution < -0.4 is 5.32 Å². The Hall–Kier alpha value is -2.66. The van der Waals surface area contributed by atoms with E-state index in [9.17, 15) is 9.18 Å². The lowest BCUT2D eigenvalue weighted by Crippen LogP contribution is -2.35. The highest BCUT2D eigenvalue weighted by molar-refractivity contribution is 5.90. The molecule has 0 atom stereocenters. The molecule has 4 rings (SSSR count). The van der Waals surface area contributed by atoms with Crippen LogP contribution in [0.25, 0.3) is 10.9 Å². The molecule has 2 aromatic carbocycles. The first-order valence-corrected chi connectivity index (χ1v) is 9.53. The van der Waals surface area contributed by atoms with E-state index in [0.717, 1.165) is 25.9 Å². The minimum atomic E-state index is -0.398. The minimum Gasteiger partial charge on any atom is -0.358 e. The Morgan fingerprint density at radius 3 is 2.63 bits per heavy atom. The number of piperidine rings is 1. The van der Waals surface area contributed by atoms with E-state index in [1.54, 1.807) is 18.2 Å². The van der Waals surface area contributed by atoms with Gasteiger partial charge >= 0.3 is 0 Å². The molecule has 0 aliphatic carbocycles. The van der Waals surface area contributed by atoms with Crippen LogP contribution in [0.3, 0.4) is 0 Å². The molecular weight excluding hydrogens is 341 g/mol. The summed E-state index contributed by atoms with van der Waals surface area (Å²) in [5.74, 6) is 0.00345. The number of carbonyl (C=O) groups excluding carboxylic acids is 1. The van der Waals surface area contributed by atoms with E-state index in [-0.39, 0.29) is 11.6 Å². The van der Waals surface area contributed by atoms with Gasteiger partial charge in [0, 0.05) is 30.1 Å². The maximum absolute atomic E-state index is 13.6. The van der Waals surface area contributed by atoms with Crippen LogP contribution in [0.5, 0.6) is 0 Å². The molecule has 2 N–H and O–H groups in total. The predicted molar refractivity (Wildman–Crippen MR) is 106 cm³/mol. The summed E-state index contributed by atoms with van der Waals surface area (Å²) in [6.07, 6.45) is 2.55. The van der Waals surface area contributed by atoms with E-state index < -0.39 is 5.82 Å². The van der Waals surface area contributed by atoms with Crippen LogP contribution in [0.2, 0.25) is 0 Å². The highest BCUT2D eigenvalue weighted by atomic mass is 19.1. The standard InChI is InChI=1S/C22H24FN3O/c23-18-6-2-4-8-20(18)25-22(27)11-14-26-12-9-16(10-13-26)21-15-17-5-1-3-7-19(17)24-21/h1-8,15-16,24H,9-14H2,(H,25,27).